The molecule has 1 saturated carbocycles. The average Bonchev–Trinajstić information content (AvgIpc) is 2.72. The van der Waals surface area contributed by atoms with Crippen molar-refractivity contribution in [1.29, 1.82) is 0 Å². The van der Waals surface area contributed by atoms with Crippen LogP contribution in [0.2, 0.25) is 0 Å². The van der Waals surface area contributed by atoms with Crippen molar-refractivity contribution in [3.8, 4) is 0 Å². The summed E-state index contributed by atoms with van der Waals surface area (Å²) in [4.78, 5) is 22.6. The predicted octanol–water partition coefficient (Wildman–Crippen LogP) is 0.559. The fraction of sp³-hybridized carbons (Fsp3) is 0.667. The number of nitrogens with zero attached hydrogens (tertiary/aromatic N) is 3. The highest BCUT2D eigenvalue weighted by molar-refractivity contribution is 5.83. The van der Waals surface area contributed by atoms with E-state index in [1.807, 2.05) is 6.92 Å². The van der Waals surface area contributed by atoms with Crippen LogP contribution < -0.4 is 5.32 Å². The minimum Gasteiger partial charge on any atom is -0.480 e. The number of hydrogen-bond donors (Lipinski definition) is 2. The number of rotatable bonds is 6. The number of carboxylic acids is 1. The van der Waals surface area contributed by atoms with Crippen LogP contribution in [0.25, 0.3) is 0 Å². The molecule has 1 aromatic rings. The number of amides is 1. The van der Waals surface area contributed by atoms with Crippen molar-refractivity contribution >= 4 is 11.9 Å². The first kappa shape index (κ1) is 13.5. The Balaban J connectivity index is 1.86. The highest BCUT2D eigenvalue weighted by Crippen LogP contribution is 2.43. The van der Waals surface area contributed by atoms with Crippen LogP contribution in [0.15, 0.2) is 6.20 Å². The molecule has 1 aliphatic carbocycles. The molecule has 1 fully saturated rings. The molecule has 7 heteroatoms. The number of carboxylic acid groups (broad SMARTS) is 1. The van der Waals surface area contributed by atoms with Gasteiger partial charge in [-0.2, -0.15) is 0 Å². The monoisotopic (exact) mass is 266 g/mol. The molecule has 0 aromatic carbocycles. The van der Waals surface area contributed by atoms with E-state index in [1.54, 1.807) is 0 Å². The molecule has 0 saturated heterocycles. The molecular formula is C12H18N4O3. The highest BCUT2D eigenvalue weighted by atomic mass is 16.4. The number of carbonyl (C=O) groups is 2. The Kier molecular flexibility index (Phi) is 3.82. The van der Waals surface area contributed by atoms with Gasteiger partial charge in [0.15, 0.2) is 0 Å². The van der Waals surface area contributed by atoms with Gasteiger partial charge in [0, 0.05) is 5.41 Å². The lowest BCUT2D eigenvalue weighted by atomic mass is 9.66. The highest BCUT2D eigenvalue weighted by Gasteiger charge is 2.42. The minimum absolute atomic E-state index is 0.0639. The van der Waals surface area contributed by atoms with Crippen LogP contribution in [0.5, 0.6) is 0 Å². The summed E-state index contributed by atoms with van der Waals surface area (Å²) in [6.07, 6.45) is 5.39. The standard InChI is InChI=1S/C12H18N4O3/c1-2-12(4-3-5-12)11(19)13-6-9-7-16(15-14-9)8-10(17)18/h7H,2-6,8H2,1H3,(H,13,19)(H,17,18). The molecule has 0 spiro atoms. The van der Waals surface area contributed by atoms with E-state index in [-0.39, 0.29) is 17.9 Å². The minimum atomic E-state index is -0.972. The van der Waals surface area contributed by atoms with Crippen LogP contribution in [-0.2, 0) is 22.7 Å². The number of aromatic nitrogens is 3. The van der Waals surface area contributed by atoms with Gasteiger partial charge in [-0.15, -0.1) is 5.10 Å². The number of nitrogens with one attached hydrogen (secondary N) is 1. The Morgan fingerprint density at radius 3 is 2.79 bits per heavy atom. The van der Waals surface area contributed by atoms with Gasteiger partial charge >= 0.3 is 5.97 Å². The Bertz CT molecular complexity index is 474. The molecule has 0 unspecified atom stereocenters. The lowest BCUT2D eigenvalue weighted by molar-refractivity contribution is -0.138. The molecule has 0 radical (unpaired) electrons. The first-order valence-corrected chi connectivity index (χ1v) is 6.45. The first-order valence-electron chi connectivity index (χ1n) is 6.45. The van der Waals surface area contributed by atoms with E-state index < -0.39 is 5.97 Å². The summed E-state index contributed by atoms with van der Waals surface area (Å²) in [5.41, 5.74) is 0.372. The van der Waals surface area contributed by atoms with E-state index in [9.17, 15) is 9.59 Å². The third-order valence-electron chi connectivity index (χ3n) is 3.78. The number of hydrogen-bond acceptors (Lipinski definition) is 4. The smallest absolute Gasteiger partial charge is 0.325 e. The van der Waals surface area contributed by atoms with Gasteiger partial charge in [0.1, 0.15) is 12.2 Å². The fourth-order valence-electron chi connectivity index (χ4n) is 2.34. The van der Waals surface area contributed by atoms with Gasteiger partial charge in [-0.1, -0.05) is 18.6 Å². The van der Waals surface area contributed by atoms with Crippen LogP contribution in [-0.4, -0.2) is 32.0 Å². The summed E-state index contributed by atoms with van der Waals surface area (Å²) in [6, 6.07) is 0. The van der Waals surface area contributed by atoms with E-state index in [0.29, 0.717) is 12.2 Å². The van der Waals surface area contributed by atoms with E-state index in [2.05, 4.69) is 15.6 Å². The summed E-state index contributed by atoms with van der Waals surface area (Å²) in [7, 11) is 0. The van der Waals surface area contributed by atoms with Gasteiger partial charge in [-0.05, 0) is 19.3 Å². The molecule has 1 amide bonds. The molecule has 1 aliphatic rings. The van der Waals surface area contributed by atoms with Crippen LogP contribution in [0.1, 0.15) is 38.3 Å². The average molecular weight is 266 g/mol. The van der Waals surface area contributed by atoms with E-state index in [1.165, 1.54) is 10.9 Å². The second-order valence-electron chi connectivity index (χ2n) is 4.97. The molecule has 19 heavy (non-hydrogen) atoms. The summed E-state index contributed by atoms with van der Waals surface area (Å²) in [6.45, 7) is 2.10. The van der Waals surface area contributed by atoms with Crippen molar-refractivity contribution in [2.45, 2.75) is 45.7 Å². The summed E-state index contributed by atoms with van der Waals surface area (Å²) in [5.74, 6) is -0.908. The van der Waals surface area contributed by atoms with E-state index in [0.717, 1.165) is 25.7 Å². The van der Waals surface area contributed by atoms with Gasteiger partial charge in [0.2, 0.25) is 5.91 Å². The van der Waals surface area contributed by atoms with Crippen LogP contribution >= 0.6 is 0 Å². The third kappa shape index (κ3) is 2.91. The maximum atomic E-state index is 12.1. The molecule has 0 atom stereocenters. The zero-order valence-corrected chi connectivity index (χ0v) is 10.9. The molecule has 1 heterocycles. The van der Waals surface area contributed by atoms with Gasteiger partial charge < -0.3 is 10.4 Å². The van der Waals surface area contributed by atoms with Crippen molar-refractivity contribution in [2.75, 3.05) is 0 Å². The van der Waals surface area contributed by atoms with Crippen LogP contribution in [0, 0.1) is 5.41 Å². The molecule has 2 rings (SSSR count). The second-order valence-corrected chi connectivity index (χ2v) is 4.97. The third-order valence-corrected chi connectivity index (χ3v) is 3.78. The quantitative estimate of drug-likeness (QED) is 0.784. The Labute approximate surface area is 111 Å². The summed E-state index contributed by atoms with van der Waals surface area (Å²) in [5, 5.41) is 19.0. The number of carbonyl (C=O) groups excluding carboxylic acids is 1. The molecule has 0 aliphatic heterocycles. The fourth-order valence-corrected chi connectivity index (χ4v) is 2.34. The zero-order valence-electron chi connectivity index (χ0n) is 10.9. The summed E-state index contributed by atoms with van der Waals surface area (Å²) >= 11 is 0. The number of aliphatic carboxylic acids is 1. The maximum Gasteiger partial charge on any atom is 0.325 e. The molecule has 1 aromatic heterocycles. The van der Waals surface area contributed by atoms with E-state index in [4.69, 9.17) is 5.11 Å². The first-order chi connectivity index (χ1) is 9.05. The molecule has 7 nitrogen and oxygen atoms in total. The zero-order chi connectivity index (χ0) is 13.9. The second kappa shape index (κ2) is 5.38. The lowest BCUT2D eigenvalue weighted by Gasteiger charge is -2.39. The van der Waals surface area contributed by atoms with Crippen LogP contribution in [0.3, 0.4) is 0 Å². The predicted molar refractivity (Wildman–Crippen MR) is 66.1 cm³/mol. The topological polar surface area (TPSA) is 97.1 Å². The maximum absolute atomic E-state index is 12.1. The normalized spacial score (nSPS) is 16.7. The van der Waals surface area contributed by atoms with Crippen molar-refractivity contribution in [3.05, 3.63) is 11.9 Å². The van der Waals surface area contributed by atoms with Crippen molar-refractivity contribution in [1.82, 2.24) is 20.3 Å². The Morgan fingerprint density at radius 1 is 1.53 bits per heavy atom. The molecule has 0 bridgehead atoms. The van der Waals surface area contributed by atoms with Crippen molar-refractivity contribution < 1.29 is 14.7 Å². The van der Waals surface area contributed by atoms with Crippen molar-refractivity contribution in [3.63, 3.8) is 0 Å². The SMILES string of the molecule is CCC1(C(=O)NCc2cn(CC(=O)O)nn2)CCC1. The van der Waals surface area contributed by atoms with Gasteiger partial charge in [0.25, 0.3) is 0 Å². The van der Waals surface area contributed by atoms with E-state index >= 15 is 0 Å². The molecule has 2 N–H and O–H groups in total. The Hall–Kier alpha value is -1.92. The van der Waals surface area contributed by atoms with Crippen molar-refractivity contribution in [2.24, 2.45) is 5.41 Å². The Morgan fingerprint density at radius 2 is 2.26 bits per heavy atom. The largest absolute Gasteiger partial charge is 0.480 e. The summed E-state index contributed by atoms with van der Waals surface area (Å²) < 4.78 is 1.24. The molecular weight excluding hydrogens is 248 g/mol. The lowest BCUT2D eigenvalue weighted by Crippen LogP contribution is -2.44. The van der Waals surface area contributed by atoms with Gasteiger partial charge in [0.05, 0.1) is 12.7 Å². The molecule has 104 valence electrons. The van der Waals surface area contributed by atoms with Gasteiger partial charge in [-0.3, -0.25) is 9.59 Å². The van der Waals surface area contributed by atoms with Gasteiger partial charge in [-0.25, -0.2) is 4.68 Å². The van der Waals surface area contributed by atoms with Crippen LogP contribution in [0.4, 0.5) is 0 Å².